The number of nitrogens with two attached hydrogens (primary N) is 2. The molecule has 6 nitrogen and oxygen atoms in total. The monoisotopic (exact) mass is 339 g/mol. The lowest BCUT2D eigenvalue weighted by Gasteiger charge is -2.34. The maximum absolute atomic E-state index is 12.6. The Hall–Kier alpha value is -1.63. The Morgan fingerprint density at radius 3 is 2.70 bits per heavy atom. The molecule has 2 rings (SSSR count). The molecule has 0 bridgehead atoms. The summed E-state index contributed by atoms with van der Waals surface area (Å²) in [4.78, 5) is 26.2. The van der Waals surface area contributed by atoms with Crippen LogP contribution in [-0.2, 0) is 20.7 Å². The zero-order valence-corrected chi connectivity index (χ0v) is 13.7. The summed E-state index contributed by atoms with van der Waals surface area (Å²) in [5.41, 5.74) is 11.7. The van der Waals surface area contributed by atoms with Crippen LogP contribution in [0.1, 0.15) is 18.4 Å². The van der Waals surface area contributed by atoms with Gasteiger partial charge < -0.3 is 15.4 Å². The minimum Gasteiger partial charge on any atom is -0.462 e. The molecule has 1 aliphatic rings. The van der Waals surface area contributed by atoms with Gasteiger partial charge in [-0.2, -0.15) is 0 Å². The van der Waals surface area contributed by atoms with E-state index in [1.165, 1.54) is 4.90 Å². The summed E-state index contributed by atoms with van der Waals surface area (Å²) in [5.74, 6) is -0.781. The number of halogens is 1. The zero-order chi connectivity index (χ0) is 16.9. The van der Waals surface area contributed by atoms with E-state index in [0.29, 0.717) is 25.8 Å². The van der Waals surface area contributed by atoms with Gasteiger partial charge in [-0.15, -0.1) is 11.6 Å². The molecular weight excluding hydrogens is 318 g/mol. The molecule has 2 atom stereocenters. The molecule has 1 heterocycles. The lowest BCUT2D eigenvalue weighted by atomic mass is 10.0. The molecule has 4 N–H and O–H groups in total. The van der Waals surface area contributed by atoms with Gasteiger partial charge in [0.15, 0.2) is 5.66 Å². The number of hydrogen-bond acceptors (Lipinski definition) is 5. The summed E-state index contributed by atoms with van der Waals surface area (Å²) in [6.07, 6.45) is 1.39. The largest absolute Gasteiger partial charge is 0.462 e. The van der Waals surface area contributed by atoms with E-state index in [9.17, 15) is 9.59 Å². The summed E-state index contributed by atoms with van der Waals surface area (Å²) in [6, 6.07) is 8.73. The molecule has 0 unspecified atom stereocenters. The van der Waals surface area contributed by atoms with Crippen LogP contribution in [0, 0.1) is 0 Å². The van der Waals surface area contributed by atoms with Crippen LogP contribution in [0.15, 0.2) is 30.3 Å². The quantitative estimate of drug-likeness (QED) is 0.584. The van der Waals surface area contributed by atoms with Crippen molar-refractivity contribution in [3.63, 3.8) is 0 Å². The van der Waals surface area contributed by atoms with Gasteiger partial charge in [-0.1, -0.05) is 30.3 Å². The van der Waals surface area contributed by atoms with Crippen molar-refractivity contribution in [2.24, 2.45) is 11.5 Å². The second kappa shape index (κ2) is 7.77. The standard InChI is InChI=1S/C16H22ClN3O3/c17-8-10-23-15(22)16(19)7-4-9-20(16)14(21)13(18)11-12-5-2-1-3-6-12/h1-3,5-6,13H,4,7-11,18-19H2/t13-,16-/m0/s1. The highest BCUT2D eigenvalue weighted by molar-refractivity contribution is 6.18. The van der Waals surface area contributed by atoms with Crippen LogP contribution in [0.5, 0.6) is 0 Å². The normalized spacial score (nSPS) is 22.0. The van der Waals surface area contributed by atoms with E-state index >= 15 is 0 Å². The van der Waals surface area contributed by atoms with Crippen molar-refractivity contribution < 1.29 is 14.3 Å². The van der Waals surface area contributed by atoms with Crippen LogP contribution in [0.4, 0.5) is 0 Å². The maximum atomic E-state index is 12.6. The molecular formula is C16H22ClN3O3. The van der Waals surface area contributed by atoms with Crippen LogP contribution in [0.2, 0.25) is 0 Å². The van der Waals surface area contributed by atoms with Crippen molar-refractivity contribution in [2.45, 2.75) is 31.0 Å². The second-order valence-corrected chi connectivity index (χ2v) is 6.02. The first-order valence-corrected chi connectivity index (χ1v) is 8.15. The predicted octanol–water partition coefficient (Wildman–Crippen LogP) is 0.616. The van der Waals surface area contributed by atoms with Crippen LogP contribution >= 0.6 is 11.6 Å². The highest BCUT2D eigenvalue weighted by Crippen LogP contribution is 2.26. The van der Waals surface area contributed by atoms with Crippen molar-refractivity contribution in [2.75, 3.05) is 19.0 Å². The third-order valence-electron chi connectivity index (χ3n) is 3.97. The smallest absolute Gasteiger partial charge is 0.347 e. The topological polar surface area (TPSA) is 98.7 Å². The Kier molecular flexibility index (Phi) is 5.98. The van der Waals surface area contributed by atoms with Crippen molar-refractivity contribution in [1.82, 2.24) is 4.90 Å². The van der Waals surface area contributed by atoms with Gasteiger partial charge in [0.1, 0.15) is 6.61 Å². The van der Waals surface area contributed by atoms with Gasteiger partial charge in [-0.05, 0) is 24.8 Å². The fourth-order valence-corrected chi connectivity index (χ4v) is 2.85. The average Bonchev–Trinajstić information content (AvgIpc) is 2.95. The number of benzene rings is 1. The third kappa shape index (κ3) is 4.02. The summed E-state index contributed by atoms with van der Waals surface area (Å²) in [6.45, 7) is 0.464. The number of carbonyl (C=O) groups is 2. The summed E-state index contributed by atoms with van der Waals surface area (Å²) in [5, 5.41) is 0. The van der Waals surface area contributed by atoms with Gasteiger partial charge in [0, 0.05) is 6.54 Å². The average molecular weight is 340 g/mol. The van der Waals surface area contributed by atoms with Gasteiger partial charge in [-0.25, -0.2) is 4.79 Å². The van der Waals surface area contributed by atoms with Crippen LogP contribution < -0.4 is 11.5 Å². The van der Waals surface area contributed by atoms with E-state index < -0.39 is 17.7 Å². The molecule has 0 saturated carbocycles. The Balaban J connectivity index is 2.06. The molecule has 0 aromatic heterocycles. The summed E-state index contributed by atoms with van der Waals surface area (Å²) in [7, 11) is 0. The zero-order valence-electron chi connectivity index (χ0n) is 12.9. The Morgan fingerprint density at radius 2 is 2.04 bits per heavy atom. The first kappa shape index (κ1) is 17.7. The molecule has 7 heteroatoms. The van der Waals surface area contributed by atoms with Gasteiger partial charge in [-0.3, -0.25) is 10.5 Å². The number of esters is 1. The lowest BCUT2D eigenvalue weighted by molar-refractivity contribution is -0.161. The van der Waals surface area contributed by atoms with E-state index in [2.05, 4.69) is 0 Å². The van der Waals surface area contributed by atoms with Gasteiger partial charge in [0.2, 0.25) is 5.91 Å². The van der Waals surface area contributed by atoms with Crippen LogP contribution in [0.25, 0.3) is 0 Å². The van der Waals surface area contributed by atoms with Crippen LogP contribution in [0.3, 0.4) is 0 Å². The Bertz CT molecular complexity index is 555. The number of hydrogen-bond donors (Lipinski definition) is 2. The number of amides is 1. The van der Waals surface area contributed by atoms with Crippen molar-refractivity contribution >= 4 is 23.5 Å². The SMILES string of the molecule is N[C@@H](Cc1ccccc1)C(=O)N1CCC[C@@]1(N)C(=O)OCCCl. The Morgan fingerprint density at radius 1 is 1.35 bits per heavy atom. The Labute approximate surface area is 140 Å². The number of carbonyl (C=O) groups excluding carboxylic acids is 2. The predicted molar refractivity (Wildman–Crippen MR) is 87.7 cm³/mol. The highest BCUT2D eigenvalue weighted by Gasteiger charge is 2.48. The molecule has 1 fully saturated rings. The molecule has 1 aliphatic heterocycles. The molecule has 1 amide bonds. The van der Waals surface area contributed by atoms with Gasteiger partial charge in [0.05, 0.1) is 11.9 Å². The number of nitrogens with zero attached hydrogens (tertiary/aromatic N) is 1. The summed E-state index contributed by atoms with van der Waals surface area (Å²) < 4.78 is 5.03. The maximum Gasteiger partial charge on any atom is 0.347 e. The van der Waals surface area contributed by atoms with Crippen molar-refractivity contribution in [3.05, 3.63) is 35.9 Å². The van der Waals surface area contributed by atoms with Crippen molar-refractivity contribution in [3.8, 4) is 0 Å². The molecule has 1 aromatic carbocycles. The minimum absolute atomic E-state index is 0.0669. The third-order valence-corrected chi connectivity index (χ3v) is 4.12. The number of ether oxygens (including phenoxy) is 1. The molecule has 0 aliphatic carbocycles. The van der Waals surface area contributed by atoms with E-state index in [1.807, 2.05) is 30.3 Å². The fourth-order valence-electron chi connectivity index (χ4n) is 2.77. The van der Waals surface area contributed by atoms with Crippen LogP contribution in [-0.4, -0.2) is 47.5 Å². The molecule has 126 valence electrons. The highest BCUT2D eigenvalue weighted by atomic mass is 35.5. The molecule has 0 radical (unpaired) electrons. The fraction of sp³-hybridized carbons (Fsp3) is 0.500. The van der Waals surface area contributed by atoms with E-state index in [-0.39, 0.29) is 18.4 Å². The second-order valence-electron chi connectivity index (χ2n) is 5.64. The first-order chi connectivity index (χ1) is 11.0. The molecule has 1 aromatic rings. The minimum atomic E-state index is -1.45. The molecule has 23 heavy (non-hydrogen) atoms. The number of alkyl halides is 1. The van der Waals surface area contributed by atoms with E-state index in [1.54, 1.807) is 0 Å². The number of rotatable bonds is 6. The summed E-state index contributed by atoms with van der Waals surface area (Å²) >= 11 is 5.52. The van der Waals surface area contributed by atoms with Crippen molar-refractivity contribution in [1.29, 1.82) is 0 Å². The van der Waals surface area contributed by atoms with Gasteiger partial charge in [0.25, 0.3) is 0 Å². The molecule has 1 saturated heterocycles. The van der Waals surface area contributed by atoms with E-state index in [4.69, 9.17) is 27.8 Å². The van der Waals surface area contributed by atoms with Gasteiger partial charge >= 0.3 is 5.97 Å². The lowest BCUT2D eigenvalue weighted by Crippen LogP contribution is -2.63. The number of likely N-dealkylation sites (tertiary alicyclic amines) is 1. The van der Waals surface area contributed by atoms with E-state index in [0.717, 1.165) is 5.56 Å². The first-order valence-electron chi connectivity index (χ1n) is 7.62. The molecule has 0 spiro atoms.